The third-order valence-electron chi connectivity index (χ3n) is 2.79. The molecule has 0 aromatic heterocycles. The quantitative estimate of drug-likeness (QED) is 0.736. The second-order valence-electron chi connectivity index (χ2n) is 4.98. The van der Waals surface area contributed by atoms with Crippen molar-refractivity contribution in [2.75, 3.05) is 13.1 Å². The number of alkyl halides is 2. The van der Waals surface area contributed by atoms with E-state index >= 15 is 0 Å². The Bertz CT molecular complexity index is 422. The Balaban J connectivity index is 2.21. The lowest BCUT2D eigenvalue weighted by atomic mass is 10.1. The standard InChI is InChI=1S/C15H22F2N2O2/c1-11(2)18-10-8-14(20)19-9-7-12-3-5-13(6-4-12)21-15(16)17/h3-6,11,15,18H,7-10H2,1-2H3,(H,19,20). The van der Waals surface area contributed by atoms with Crippen molar-refractivity contribution in [3.05, 3.63) is 29.8 Å². The topological polar surface area (TPSA) is 50.4 Å². The number of rotatable bonds is 9. The fourth-order valence-corrected chi connectivity index (χ4v) is 1.75. The molecule has 0 aliphatic rings. The van der Waals surface area contributed by atoms with Gasteiger partial charge in [0.2, 0.25) is 5.91 Å². The lowest BCUT2D eigenvalue weighted by Crippen LogP contribution is -2.31. The van der Waals surface area contributed by atoms with Crippen LogP contribution in [0.2, 0.25) is 0 Å². The summed E-state index contributed by atoms with van der Waals surface area (Å²) in [5.74, 6) is 0.137. The molecule has 0 saturated heterocycles. The molecular weight excluding hydrogens is 278 g/mol. The van der Waals surface area contributed by atoms with Crippen LogP contribution >= 0.6 is 0 Å². The zero-order valence-corrected chi connectivity index (χ0v) is 12.4. The lowest BCUT2D eigenvalue weighted by molar-refractivity contribution is -0.120. The van der Waals surface area contributed by atoms with E-state index in [2.05, 4.69) is 15.4 Å². The van der Waals surface area contributed by atoms with E-state index in [9.17, 15) is 13.6 Å². The molecule has 0 saturated carbocycles. The molecule has 0 fully saturated rings. The SMILES string of the molecule is CC(C)NCCC(=O)NCCc1ccc(OC(F)F)cc1. The van der Waals surface area contributed by atoms with E-state index < -0.39 is 6.61 Å². The van der Waals surface area contributed by atoms with Crippen LogP contribution in [0.15, 0.2) is 24.3 Å². The molecule has 2 N–H and O–H groups in total. The highest BCUT2D eigenvalue weighted by molar-refractivity contribution is 5.76. The van der Waals surface area contributed by atoms with E-state index in [0.717, 1.165) is 5.56 Å². The minimum atomic E-state index is -2.81. The zero-order chi connectivity index (χ0) is 15.7. The van der Waals surface area contributed by atoms with Crippen molar-refractivity contribution >= 4 is 5.91 Å². The molecule has 0 aliphatic heterocycles. The molecule has 4 nitrogen and oxygen atoms in total. The van der Waals surface area contributed by atoms with E-state index in [4.69, 9.17) is 0 Å². The third kappa shape index (κ3) is 8.24. The van der Waals surface area contributed by atoms with Crippen molar-refractivity contribution in [2.24, 2.45) is 0 Å². The van der Waals surface area contributed by atoms with Gasteiger partial charge in [0.1, 0.15) is 5.75 Å². The summed E-state index contributed by atoms with van der Waals surface area (Å²) in [4.78, 5) is 11.5. The number of nitrogens with one attached hydrogen (secondary N) is 2. The minimum Gasteiger partial charge on any atom is -0.435 e. The largest absolute Gasteiger partial charge is 0.435 e. The summed E-state index contributed by atoms with van der Waals surface area (Å²) >= 11 is 0. The highest BCUT2D eigenvalue weighted by Gasteiger charge is 2.04. The Morgan fingerprint density at radius 2 is 1.86 bits per heavy atom. The van der Waals surface area contributed by atoms with E-state index in [1.165, 1.54) is 12.1 Å². The number of benzene rings is 1. The average Bonchev–Trinajstić information content (AvgIpc) is 2.39. The molecular formula is C15H22F2N2O2. The lowest BCUT2D eigenvalue weighted by Gasteiger charge is -2.09. The second kappa shape index (κ2) is 9.28. The zero-order valence-electron chi connectivity index (χ0n) is 12.4. The molecule has 1 amide bonds. The second-order valence-corrected chi connectivity index (χ2v) is 4.98. The van der Waals surface area contributed by atoms with Gasteiger partial charge >= 0.3 is 6.61 Å². The Kier molecular flexibility index (Phi) is 7.68. The van der Waals surface area contributed by atoms with Crippen LogP contribution in [0, 0.1) is 0 Å². The molecule has 0 unspecified atom stereocenters. The first-order valence-electron chi connectivity index (χ1n) is 7.01. The van der Waals surface area contributed by atoms with Crippen LogP contribution in [0.5, 0.6) is 5.75 Å². The molecule has 118 valence electrons. The van der Waals surface area contributed by atoms with Gasteiger partial charge in [0.25, 0.3) is 0 Å². The van der Waals surface area contributed by atoms with Crippen LogP contribution in [0.3, 0.4) is 0 Å². The minimum absolute atomic E-state index is 0.000744. The van der Waals surface area contributed by atoms with Crippen molar-refractivity contribution < 1.29 is 18.3 Å². The Morgan fingerprint density at radius 3 is 2.43 bits per heavy atom. The van der Waals surface area contributed by atoms with Crippen molar-refractivity contribution in [3.63, 3.8) is 0 Å². The van der Waals surface area contributed by atoms with Crippen LogP contribution in [0.1, 0.15) is 25.8 Å². The monoisotopic (exact) mass is 300 g/mol. The van der Waals surface area contributed by atoms with Gasteiger partial charge in [-0.15, -0.1) is 0 Å². The highest BCUT2D eigenvalue weighted by Crippen LogP contribution is 2.14. The van der Waals surface area contributed by atoms with E-state index in [0.29, 0.717) is 32.0 Å². The van der Waals surface area contributed by atoms with Crippen LogP contribution in [0.4, 0.5) is 8.78 Å². The van der Waals surface area contributed by atoms with Crippen LogP contribution in [-0.4, -0.2) is 31.7 Å². The Hall–Kier alpha value is -1.69. The maximum Gasteiger partial charge on any atom is 0.387 e. The predicted octanol–water partition coefficient (Wildman–Crippen LogP) is 2.33. The number of hydrogen-bond donors (Lipinski definition) is 2. The van der Waals surface area contributed by atoms with Gasteiger partial charge in [0.15, 0.2) is 0 Å². The molecule has 0 bridgehead atoms. The van der Waals surface area contributed by atoms with Crippen LogP contribution in [0.25, 0.3) is 0 Å². The fraction of sp³-hybridized carbons (Fsp3) is 0.533. The van der Waals surface area contributed by atoms with E-state index in [1.807, 2.05) is 13.8 Å². The van der Waals surface area contributed by atoms with Gasteiger partial charge in [-0.3, -0.25) is 4.79 Å². The number of carbonyl (C=O) groups is 1. The first-order chi connectivity index (χ1) is 9.97. The van der Waals surface area contributed by atoms with Gasteiger partial charge in [-0.1, -0.05) is 26.0 Å². The summed E-state index contributed by atoms with van der Waals surface area (Å²) in [6.07, 6.45) is 1.09. The number of halogens is 2. The van der Waals surface area contributed by atoms with Crippen LogP contribution < -0.4 is 15.4 Å². The van der Waals surface area contributed by atoms with Crippen molar-refractivity contribution in [1.29, 1.82) is 0 Å². The molecule has 1 aromatic rings. The average molecular weight is 300 g/mol. The molecule has 6 heteroatoms. The first kappa shape index (κ1) is 17.4. The molecule has 1 rings (SSSR count). The maximum atomic E-state index is 12.0. The molecule has 0 heterocycles. The van der Waals surface area contributed by atoms with Crippen molar-refractivity contribution in [3.8, 4) is 5.75 Å². The highest BCUT2D eigenvalue weighted by atomic mass is 19.3. The molecule has 1 aromatic carbocycles. The summed E-state index contributed by atoms with van der Waals surface area (Å²) < 4.78 is 28.2. The summed E-state index contributed by atoms with van der Waals surface area (Å²) in [6, 6.07) is 6.78. The summed E-state index contributed by atoms with van der Waals surface area (Å²) in [7, 11) is 0. The number of carbonyl (C=O) groups excluding carboxylic acids is 1. The van der Waals surface area contributed by atoms with Crippen molar-refractivity contribution in [2.45, 2.75) is 39.3 Å². The van der Waals surface area contributed by atoms with Gasteiger partial charge < -0.3 is 15.4 Å². The molecule has 0 spiro atoms. The molecule has 0 atom stereocenters. The smallest absolute Gasteiger partial charge is 0.387 e. The van der Waals surface area contributed by atoms with Gasteiger partial charge in [-0.25, -0.2) is 0 Å². The Labute approximate surface area is 123 Å². The fourth-order valence-electron chi connectivity index (χ4n) is 1.75. The van der Waals surface area contributed by atoms with E-state index in [-0.39, 0.29) is 11.7 Å². The van der Waals surface area contributed by atoms with Gasteiger partial charge in [-0.05, 0) is 24.1 Å². The first-order valence-corrected chi connectivity index (χ1v) is 7.01. The van der Waals surface area contributed by atoms with Crippen molar-refractivity contribution in [1.82, 2.24) is 10.6 Å². The molecule has 0 aliphatic carbocycles. The number of amides is 1. The molecule has 21 heavy (non-hydrogen) atoms. The predicted molar refractivity (Wildman–Crippen MR) is 77.5 cm³/mol. The van der Waals surface area contributed by atoms with Gasteiger partial charge in [0.05, 0.1) is 0 Å². The molecule has 0 radical (unpaired) electrons. The normalized spacial score (nSPS) is 11.0. The van der Waals surface area contributed by atoms with Crippen LogP contribution in [-0.2, 0) is 11.2 Å². The van der Waals surface area contributed by atoms with Gasteiger partial charge in [0, 0.05) is 25.6 Å². The number of ether oxygens (including phenoxy) is 1. The van der Waals surface area contributed by atoms with Gasteiger partial charge in [-0.2, -0.15) is 8.78 Å². The number of hydrogen-bond acceptors (Lipinski definition) is 3. The van der Waals surface area contributed by atoms with E-state index in [1.54, 1.807) is 12.1 Å². The maximum absolute atomic E-state index is 12.0. The summed E-state index contributed by atoms with van der Waals surface area (Å²) in [6.45, 7) is 2.42. The third-order valence-corrected chi connectivity index (χ3v) is 2.79. The summed E-state index contributed by atoms with van der Waals surface area (Å²) in [5, 5.41) is 5.99. The summed E-state index contributed by atoms with van der Waals surface area (Å²) in [5.41, 5.74) is 0.956. The Morgan fingerprint density at radius 1 is 1.19 bits per heavy atom.